The number of carboxylic acid groups (broad SMARTS) is 1. The molecule has 0 aromatic carbocycles. The second-order valence-electron chi connectivity index (χ2n) is 3.65. The zero-order chi connectivity index (χ0) is 9.42. The van der Waals surface area contributed by atoms with Crippen LogP contribution in [0.25, 0.3) is 0 Å². The van der Waals surface area contributed by atoms with Gasteiger partial charge >= 0.3 is 5.97 Å². The molecule has 0 aromatic rings. The smallest absolute Gasteiger partial charge is 0.333 e. The van der Waals surface area contributed by atoms with Gasteiger partial charge in [0.1, 0.15) is 0 Å². The molecule has 70 valence electrons. The molecule has 0 radical (unpaired) electrons. The van der Waals surface area contributed by atoms with Crippen LogP contribution in [0.2, 0.25) is 0 Å². The molecule has 2 aliphatic rings. The van der Waals surface area contributed by atoms with Gasteiger partial charge in [0.25, 0.3) is 0 Å². The average Bonchev–Trinajstić information content (AvgIpc) is 2.85. The highest BCUT2D eigenvalue weighted by Gasteiger charge is 2.37. The summed E-state index contributed by atoms with van der Waals surface area (Å²) in [4.78, 5) is 10.9. The number of rotatable bonds is 2. The molecule has 0 bridgehead atoms. The summed E-state index contributed by atoms with van der Waals surface area (Å²) in [7, 11) is 0. The van der Waals surface area contributed by atoms with E-state index in [-0.39, 0.29) is 5.92 Å². The zero-order valence-corrected chi connectivity index (χ0v) is 7.92. The molecule has 0 aliphatic heterocycles. The highest BCUT2D eigenvalue weighted by molar-refractivity contribution is 6.33. The third-order valence-corrected chi connectivity index (χ3v) is 3.03. The first-order valence-electron chi connectivity index (χ1n) is 4.49. The largest absolute Gasteiger partial charge is 0.478 e. The van der Waals surface area contributed by atoms with E-state index < -0.39 is 5.97 Å². The van der Waals surface area contributed by atoms with Crippen LogP contribution in [0.3, 0.4) is 0 Å². The fourth-order valence-corrected chi connectivity index (χ4v) is 2.20. The van der Waals surface area contributed by atoms with Crippen LogP contribution in [0.5, 0.6) is 0 Å². The minimum atomic E-state index is -0.855. The lowest BCUT2D eigenvalue weighted by atomic mass is 9.87. The Morgan fingerprint density at radius 3 is 2.77 bits per heavy atom. The van der Waals surface area contributed by atoms with E-state index in [4.69, 9.17) is 16.7 Å². The monoisotopic (exact) mass is 198 g/mol. The maximum absolute atomic E-state index is 10.9. The van der Waals surface area contributed by atoms with Gasteiger partial charge in [-0.25, -0.2) is 4.79 Å². The number of hydrogen-bond acceptors (Lipinski definition) is 1. The Labute approximate surface area is 81.9 Å². The molecule has 2 nitrogen and oxygen atoms in total. The van der Waals surface area contributed by atoms with E-state index in [9.17, 15) is 4.79 Å². The second-order valence-corrected chi connectivity index (χ2v) is 4.06. The van der Waals surface area contributed by atoms with Crippen molar-refractivity contribution in [3.05, 3.63) is 22.8 Å². The summed E-state index contributed by atoms with van der Waals surface area (Å²) in [5.74, 6) is -0.133. The predicted octanol–water partition coefficient (Wildman–Crippen LogP) is 2.55. The van der Waals surface area contributed by atoms with Crippen molar-refractivity contribution in [2.45, 2.75) is 19.3 Å². The second kappa shape index (κ2) is 3.18. The number of carbonyl (C=O) groups is 1. The first-order valence-corrected chi connectivity index (χ1v) is 4.87. The fourth-order valence-electron chi connectivity index (χ4n) is 1.89. The molecule has 0 aromatic heterocycles. The first kappa shape index (κ1) is 8.82. The molecular weight excluding hydrogens is 188 g/mol. The zero-order valence-electron chi connectivity index (χ0n) is 7.16. The van der Waals surface area contributed by atoms with Gasteiger partial charge in [-0.05, 0) is 37.2 Å². The summed E-state index contributed by atoms with van der Waals surface area (Å²) in [6.07, 6.45) is 6.81. The van der Waals surface area contributed by atoms with E-state index in [0.717, 1.165) is 19.3 Å². The third-order valence-electron chi connectivity index (χ3n) is 2.70. The molecule has 1 fully saturated rings. The molecule has 1 unspecified atom stereocenters. The Morgan fingerprint density at radius 2 is 2.23 bits per heavy atom. The van der Waals surface area contributed by atoms with Crippen molar-refractivity contribution in [3.8, 4) is 0 Å². The van der Waals surface area contributed by atoms with E-state index in [1.54, 1.807) is 6.08 Å². The van der Waals surface area contributed by atoms with Crippen molar-refractivity contribution in [2.24, 2.45) is 11.8 Å². The Morgan fingerprint density at radius 1 is 1.54 bits per heavy atom. The minimum Gasteiger partial charge on any atom is -0.478 e. The number of allylic oxidation sites excluding steroid dienone is 3. The third kappa shape index (κ3) is 1.63. The lowest BCUT2D eigenvalue weighted by molar-refractivity contribution is -0.133. The molecule has 0 spiro atoms. The van der Waals surface area contributed by atoms with Gasteiger partial charge in [0.15, 0.2) is 0 Å². The normalized spacial score (nSPS) is 27.9. The van der Waals surface area contributed by atoms with Crippen LogP contribution in [-0.2, 0) is 4.79 Å². The lowest BCUT2D eigenvalue weighted by Crippen LogP contribution is -2.17. The summed E-state index contributed by atoms with van der Waals surface area (Å²) >= 11 is 5.86. The van der Waals surface area contributed by atoms with Gasteiger partial charge in [-0.2, -0.15) is 0 Å². The van der Waals surface area contributed by atoms with Crippen molar-refractivity contribution in [3.63, 3.8) is 0 Å². The minimum absolute atomic E-state index is 0.162. The van der Waals surface area contributed by atoms with Gasteiger partial charge in [-0.1, -0.05) is 17.7 Å². The maximum atomic E-state index is 10.9. The van der Waals surface area contributed by atoms with Crippen LogP contribution in [0, 0.1) is 11.8 Å². The van der Waals surface area contributed by atoms with E-state index in [1.165, 1.54) is 0 Å². The Hall–Kier alpha value is -0.760. The molecule has 3 heteroatoms. The van der Waals surface area contributed by atoms with Crippen molar-refractivity contribution in [1.29, 1.82) is 0 Å². The molecule has 1 N–H and O–H groups in total. The van der Waals surface area contributed by atoms with Crippen LogP contribution in [-0.4, -0.2) is 11.1 Å². The quantitative estimate of drug-likeness (QED) is 0.741. The van der Waals surface area contributed by atoms with Gasteiger partial charge < -0.3 is 5.11 Å². The van der Waals surface area contributed by atoms with Gasteiger partial charge in [0.2, 0.25) is 0 Å². The van der Waals surface area contributed by atoms with Crippen LogP contribution >= 0.6 is 11.6 Å². The summed E-state index contributed by atoms with van der Waals surface area (Å²) in [5, 5.41) is 9.39. The first-order chi connectivity index (χ1) is 6.20. The van der Waals surface area contributed by atoms with Gasteiger partial charge in [-0.3, -0.25) is 0 Å². The SMILES string of the molecule is O=C(O)C1=C(Cl)C=CCC1C1CC1. The van der Waals surface area contributed by atoms with Crippen molar-refractivity contribution >= 4 is 17.6 Å². The molecule has 1 saturated carbocycles. The number of carboxylic acids is 1. The predicted molar refractivity (Wildman–Crippen MR) is 50.5 cm³/mol. The molecule has 0 heterocycles. The molecule has 0 saturated heterocycles. The standard InChI is InChI=1S/C10H11ClO2/c11-8-3-1-2-7(6-4-5-6)9(8)10(12)13/h1,3,6-7H,2,4-5H2,(H,12,13). The van der Waals surface area contributed by atoms with Gasteiger partial charge in [0, 0.05) is 0 Å². The molecule has 13 heavy (non-hydrogen) atoms. The fraction of sp³-hybridized carbons (Fsp3) is 0.500. The number of hydrogen-bond donors (Lipinski definition) is 1. The number of halogens is 1. The van der Waals surface area contributed by atoms with Crippen LogP contribution in [0.4, 0.5) is 0 Å². The van der Waals surface area contributed by atoms with Crippen molar-refractivity contribution < 1.29 is 9.90 Å². The van der Waals surface area contributed by atoms with Crippen LogP contribution in [0.15, 0.2) is 22.8 Å². The topological polar surface area (TPSA) is 37.3 Å². The van der Waals surface area contributed by atoms with Gasteiger partial charge in [0.05, 0.1) is 10.6 Å². The summed E-state index contributed by atoms with van der Waals surface area (Å²) in [5.41, 5.74) is 0.423. The Bertz CT molecular complexity index is 300. The molecule has 1 atom stereocenters. The summed E-state index contributed by atoms with van der Waals surface area (Å²) < 4.78 is 0. The Balaban J connectivity index is 2.29. The summed E-state index contributed by atoms with van der Waals surface area (Å²) in [6, 6.07) is 0. The molecule has 2 aliphatic carbocycles. The highest BCUT2D eigenvalue weighted by atomic mass is 35.5. The van der Waals surface area contributed by atoms with Crippen LogP contribution < -0.4 is 0 Å². The van der Waals surface area contributed by atoms with Gasteiger partial charge in [-0.15, -0.1) is 0 Å². The summed E-state index contributed by atoms with van der Waals surface area (Å²) in [6.45, 7) is 0. The van der Waals surface area contributed by atoms with Crippen LogP contribution in [0.1, 0.15) is 19.3 Å². The number of aliphatic carboxylic acids is 1. The average molecular weight is 199 g/mol. The lowest BCUT2D eigenvalue weighted by Gasteiger charge is -2.19. The van der Waals surface area contributed by atoms with E-state index in [0.29, 0.717) is 16.5 Å². The van der Waals surface area contributed by atoms with Crippen molar-refractivity contribution in [1.82, 2.24) is 0 Å². The van der Waals surface area contributed by atoms with Crippen molar-refractivity contribution in [2.75, 3.05) is 0 Å². The Kier molecular flexibility index (Phi) is 2.16. The highest BCUT2D eigenvalue weighted by Crippen LogP contribution is 2.45. The van der Waals surface area contributed by atoms with E-state index in [1.807, 2.05) is 6.08 Å². The van der Waals surface area contributed by atoms with E-state index >= 15 is 0 Å². The van der Waals surface area contributed by atoms with E-state index in [2.05, 4.69) is 0 Å². The molecule has 0 amide bonds. The maximum Gasteiger partial charge on any atom is 0.333 e. The molecular formula is C10H11ClO2. The molecule has 2 rings (SSSR count).